The molecular formula is C19H20N6O2S. The first-order valence-electron chi connectivity index (χ1n) is 9.10. The van der Waals surface area contributed by atoms with E-state index in [1.165, 1.54) is 3.97 Å². The Bertz CT molecular complexity index is 1290. The Morgan fingerprint density at radius 3 is 2.64 bits per heavy atom. The Morgan fingerprint density at radius 1 is 1.14 bits per heavy atom. The molecule has 1 aliphatic rings. The highest BCUT2D eigenvalue weighted by Gasteiger charge is 2.25. The molecule has 1 aliphatic heterocycles. The molecule has 0 bridgehead atoms. The number of aryl methyl sites for hydroxylation is 1. The lowest BCUT2D eigenvalue weighted by Gasteiger charge is -2.24. The van der Waals surface area contributed by atoms with E-state index in [1.54, 1.807) is 49.1 Å². The van der Waals surface area contributed by atoms with Crippen LogP contribution in [0.4, 0.5) is 0 Å². The van der Waals surface area contributed by atoms with Crippen molar-refractivity contribution in [2.75, 3.05) is 18.2 Å². The molecule has 4 heterocycles. The van der Waals surface area contributed by atoms with E-state index in [9.17, 15) is 8.42 Å². The minimum Gasteiger partial charge on any atom is -0.297 e. The summed E-state index contributed by atoms with van der Waals surface area (Å²) < 4.78 is 29.6. The summed E-state index contributed by atoms with van der Waals surface area (Å²) in [5, 5.41) is 6.26. The number of nitrogens with zero attached hydrogens (tertiary/aromatic N) is 5. The van der Waals surface area contributed by atoms with Crippen molar-refractivity contribution in [2.24, 2.45) is 0 Å². The number of hydrogen-bond acceptors (Lipinski definition) is 6. The van der Waals surface area contributed by atoms with Gasteiger partial charge in [-0.1, -0.05) is 17.7 Å². The summed E-state index contributed by atoms with van der Waals surface area (Å²) in [5.74, 6) is 0. The highest BCUT2D eigenvalue weighted by atomic mass is 32.2. The zero-order chi connectivity index (χ0) is 19.5. The molecule has 1 fully saturated rings. The van der Waals surface area contributed by atoms with Crippen LogP contribution in [0.3, 0.4) is 0 Å². The van der Waals surface area contributed by atoms with Crippen LogP contribution in [0.1, 0.15) is 12.5 Å². The molecule has 0 aliphatic carbocycles. The van der Waals surface area contributed by atoms with E-state index in [4.69, 9.17) is 0 Å². The third-order valence-electron chi connectivity index (χ3n) is 5.25. The molecule has 1 unspecified atom stereocenters. The van der Waals surface area contributed by atoms with E-state index in [0.29, 0.717) is 18.4 Å². The summed E-state index contributed by atoms with van der Waals surface area (Å²) in [7, 11) is -3.73. The van der Waals surface area contributed by atoms with Crippen molar-refractivity contribution in [1.29, 1.82) is 0 Å². The molecule has 1 atom stereocenters. The lowest BCUT2D eigenvalue weighted by Crippen LogP contribution is -2.38. The van der Waals surface area contributed by atoms with Gasteiger partial charge in [-0.15, -0.1) is 0 Å². The summed E-state index contributed by atoms with van der Waals surface area (Å²) in [5.41, 5.74) is 3.00. The fourth-order valence-electron chi connectivity index (χ4n) is 3.70. The smallest absolute Gasteiger partial charge is 0.269 e. The lowest BCUT2D eigenvalue weighted by atomic mass is 10.2. The predicted molar refractivity (Wildman–Crippen MR) is 107 cm³/mol. The van der Waals surface area contributed by atoms with Crippen LogP contribution < -0.4 is 10.3 Å². The number of rotatable bonds is 3. The summed E-state index contributed by atoms with van der Waals surface area (Å²) in [6.45, 7) is 5.65. The Hall–Kier alpha value is -2.91. The predicted octanol–water partition coefficient (Wildman–Crippen LogP) is 1.82. The summed E-state index contributed by atoms with van der Waals surface area (Å²) in [4.78, 5) is 9.11. The van der Waals surface area contributed by atoms with E-state index in [-0.39, 0.29) is 4.90 Å². The topological polar surface area (TPSA) is 85.0 Å². The number of fused-ring (bicyclic) bond motifs is 3. The maximum Gasteiger partial charge on any atom is 0.269 e. The third-order valence-corrected chi connectivity index (χ3v) is 6.93. The average Bonchev–Trinajstić information content (AvgIpc) is 3.38. The monoisotopic (exact) mass is 396 g/mol. The quantitative estimate of drug-likeness (QED) is 0.569. The molecule has 1 saturated heterocycles. The summed E-state index contributed by atoms with van der Waals surface area (Å²) >= 11 is 0. The Labute approximate surface area is 162 Å². The van der Waals surface area contributed by atoms with Crippen LogP contribution in [-0.2, 0) is 10.0 Å². The second-order valence-electron chi connectivity index (χ2n) is 7.15. The van der Waals surface area contributed by atoms with Gasteiger partial charge in [0.05, 0.1) is 23.8 Å². The van der Waals surface area contributed by atoms with Gasteiger partial charge in [-0.05, 0) is 32.0 Å². The number of nitrogens with one attached hydrogen (secondary N) is 1. The van der Waals surface area contributed by atoms with Crippen molar-refractivity contribution >= 4 is 32.1 Å². The number of benzene rings is 1. The molecular weight excluding hydrogens is 376 g/mol. The van der Waals surface area contributed by atoms with Gasteiger partial charge >= 0.3 is 0 Å². The summed E-state index contributed by atoms with van der Waals surface area (Å²) in [6, 6.07) is 8.93. The van der Waals surface area contributed by atoms with Gasteiger partial charge in [-0.25, -0.2) is 27.0 Å². The van der Waals surface area contributed by atoms with Gasteiger partial charge in [0.25, 0.3) is 10.0 Å². The van der Waals surface area contributed by atoms with E-state index in [2.05, 4.69) is 27.2 Å². The van der Waals surface area contributed by atoms with Crippen LogP contribution in [0.25, 0.3) is 22.1 Å². The molecule has 8 nitrogen and oxygen atoms in total. The van der Waals surface area contributed by atoms with Gasteiger partial charge in [-0.2, -0.15) is 0 Å². The molecule has 144 valence electrons. The highest BCUT2D eigenvalue weighted by molar-refractivity contribution is 7.90. The van der Waals surface area contributed by atoms with Crippen molar-refractivity contribution < 1.29 is 8.42 Å². The first-order valence-corrected chi connectivity index (χ1v) is 10.5. The molecule has 0 saturated carbocycles. The van der Waals surface area contributed by atoms with Gasteiger partial charge in [-0.3, -0.25) is 10.3 Å². The summed E-state index contributed by atoms with van der Waals surface area (Å²) in [6.07, 6.45) is 4.96. The second kappa shape index (κ2) is 6.05. The van der Waals surface area contributed by atoms with Crippen molar-refractivity contribution in [3.05, 3.63) is 54.6 Å². The van der Waals surface area contributed by atoms with Crippen LogP contribution in [0.15, 0.2) is 53.9 Å². The zero-order valence-electron chi connectivity index (χ0n) is 15.6. The first kappa shape index (κ1) is 17.2. The van der Waals surface area contributed by atoms with Gasteiger partial charge in [0.1, 0.15) is 17.4 Å². The van der Waals surface area contributed by atoms with Crippen molar-refractivity contribution in [1.82, 2.24) is 23.9 Å². The van der Waals surface area contributed by atoms with E-state index in [1.807, 2.05) is 11.6 Å². The van der Waals surface area contributed by atoms with Crippen LogP contribution in [0.2, 0.25) is 0 Å². The number of imidazole rings is 1. The van der Waals surface area contributed by atoms with E-state index < -0.39 is 10.0 Å². The molecule has 0 radical (unpaired) electrons. The van der Waals surface area contributed by atoms with E-state index >= 15 is 0 Å². The molecule has 1 N–H and O–H groups in total. The maximum atomic E-state index is 13.2. The van der Waals surface area contributed by atoms with Gasteiger partial charge in [0, 0.05) is 18.1 Å². The minimum atomic E-state index is -3.73. The fraction of sp³-hybridized carbons (Fsp3) is 0.263. The van der Waals surface area contributed by atoms with Crippen LogP contribution in [0.5, 0.6) is 0 Å². The standard InChI is InChI=1S/C19H20N6O2S/c1-13-3-5-15(6-4-13)28(26,27)25-8-7-16-18-17(10-21-19(16)25)22-12-24(18)23-11-20-9-14(23)2/h3-8,10,12,14,20H,9,11H2,1-2H3. The van der Waals surface area contributed by atoms with Gasteiger partial charge in [0.2, 0.25) is 0 Å². The molecule has 0 spiro atoms. The van der Waals surface area contributed by atoms with Crippen molar-refractivity contribution in [3.8, 4) is 0 Å². The van der Waals surface area contributed by atoms with Crippen molar-refractivity contribution in [2.45, 2.75) is 24.8 Å². The molecule has 0 amide bonds. The average molecular weight is 396 g/mol. The molecule has 3 aromatic heterocycles. The minimum absolute atomic E-state index is 0.239. The van der Waals surface area contributed by atoms with Crippen LogP contribution in [-0.4, -0.2) is 46.3 Å². The molecule has 28 heavy (non-hydrogen) atoms. The Morgan fingerprint density at radius 2 is 1.93 bits per heavy atom. The zero-order valence-corrected chi connectivity index (χ0v) is 16.4. The SMILES string of the molecule is Cc1ccc(S(=O)(=O)n2ccc3c4c(cnc32)ncn4N2CNCC2C)cc1. The molecule has 9 heteroatoms. The number of aromatic nitrogens is 4. The Balaban J connectivity index is 1.72. The largest absolute Gasteiger partial charge is 0.297 e. The molecule has 5 rings (SSSR count). The molecule has 4 aromatic rings. The lowest BCUT2D eigenvalue weighted by molar-refractivity contribution is 0.588. The number of hydrogen-bond donors (Lipinski definition) is 1. The first-order chi connectivity index (χ1) is 13.5. The Kier molecular flexibility index (Phi) is 3.72. The van der Waals surface area contributed by atoms with Gasteiger partial charge in [0.15, 0.2) is 5.65 Å². The van der Waals surface area contributed by atoms with Crippen molar-refractivity contribution in [3.63, 3.8) is 0 Å². The van der Waals surface area contributed by atoms with Crippen LogP contribution >= 0.6 is 0 Å². The second-order valence-corrected chi connectivity index (χ2v) is 8.96. The van der Waals surface area contributed by atoms with E-state index in [0.717, 1.165) is 28.5 Å². The highest BCUT2D eigenvalue weighted by Crippen LogP contribution is 2.27. The van der Waals surface area contributed by atoms with Crippen LogP contribution in [0, 0.1) is 6.92 Å². The normalized spacial score (nSPS) is 17.8. The van der Waals surface area contributed by atoms with Gasteiger partial charge < -0.3 is 0 Å². The number of pyridine rings is 1. The molecule has 1 aromatic carbocycles. The maximum absolute atomic E-state index is 13.2. The fourth-order valence-corrected chi connectivity index (χ4v) is 5.00. The third kappa shape index (κ3) is 2.43.